The van der Waals surface area contributed by atoms with E-state index in [4.69, 9.17) is 11.6 Å². The van der Waals surface area contributed by atoms with E-state index in [-0.39, 0.29) is 22.7 Å². The molecule has 6 heteroatoms. The van der Waals surface area contributed by atoms with E-state index in [0.29, 0.717) is 0 Å². The second-order valence-corrected chi connectivity index (χ2v) is 4.19. The third kappa shape index (κ3) is 3.26. The molecule has 1 amide bonds. The van der Waals surface area contributed by atoms with Crippen molar-refractivity contribution < 1.29 is 13.6 Å². The number of aromatic nitrogens is 1. The SMILES string of the molecule is O=C(Cc1c(F)cccc1Cl)Nc1ccncc1F. The van der Waals surface area contributed by atoms with Crippen molar-refractivity contribution in [3.8, 4) is 0 Å². The van der Waals surface area contributed by atoms with E-state index in [2.05, 4.69) is 10.3 Å². The molecular weight excluding hydrogens is 274 g/mol. The molecule has 0 saturated carbocycles. The van der Waals surface area contributed by atoms with Gasteiger partial charge in [0.25, 0.3) is 0 Å². The zero-order valence-electron chi connectivity index (χ0n) is 9.66. The maximum atomic E-state index is 13.5. The minimum Gasteiger partial charge on any atom is -0.323 e. The van der Waals surface area contributed by atoms with Gasteiger partial charge < -0.3 is 5.32 Å². The van der Waals surface area contributed by atoms with Crippen LogP contribution in [0.15, 0.2) is 36.7 Å². The van der Waals surface area contributed by atoms with Crippen LogP contribution in [0.2, 0.25) is 5.02 Å². The highest BCUT2D eigenvalue weighted by Crippen LogP contribution is 2.20. The highest BCUT2D eigenvalue weighted by molar-refractivity contribution is 6.31. The molecule has 1 N–H and O–H groups in total. The molecule has 0 unspecified atom stereocenters. The average Bonchev–Trinajstić information content (AvgIpc) is 2.37. The summed E-state index contributed by atoms with van der Waals surface area (Å²) in [5.41, 5.74) is 0.0728. The van der Waals surface area contributed by atoms with Gasteiger partial charge in [-0.15, -0.1) is 0 Å². The molecule has 1 aromatic carbocycles. The monoisotopic (exact) mass is 282 g/mol. The van der Waals surface area contributed by atoms with E-state index < -0.39 is 17.5 Å². The summed E-state index contributed by atoms with van der Waals surface area (Å²) in [5, 5.41) is 2.49. The first-order valence-electron chi connectivity index (χ1n) is 5.40. The van der Waals surface area contributed by atoms with Crippen LogP contribution in [0.5, 0.6) is 0 Å². The lowest BCUT2D eigenvalue weighted by molar-refractivity contribution is -0.115. The number of carbonyl (C=O) groups excluding carboxylic acids is 1. The van der Waals surface area contributed by atoms with Gasteiger partial charge in [0.15, 0.2) is 5.82 Å². The quantitative estimate of drug-likeness (QED) is 0.939. The van der Waals surface area contributed by atoms with Gasteiger partial charge in [0.05, 0.1) is 18.3 Å². The van der Waals surface area contributed by atoms with Crippen LogP contribution in [-0.2, 0) is 11.2 Å². The molecule has 0 radical (unpaired) electrons. The predicted octanol–water partition coefficient (Wildman–Crippen LogP) is 3.19. The topological polar surface area (TPSA) is 42.0 Å². The highest BCUT2D eigenvalue weighted by Gasteiger charge is 2.13. The predicted molar refractivity (Wildman–Crippen MR) is 67.9 cm³/mol. The number of pyridine rings is 1. The van der Waals surface area contributed by atoms with E-state index in [1.165, 1.54) is 30.5 Å². The molecule has 0 aliphatic carbocycles. The average molecular weight is 283 g/mol. The molecule has 2 aromatic rings. The standard InChI is InChI=1S/C13H9ClF2N2O/c14-9-2-1-3-10(15)8(9)6-13(19)18-12-4-5-17-7-11(12)16/h1-5,7H,6H2,(H,17,18,19). The number of carbonyl (C=O) groups is 1. The summed E-state index contributed by atoms with van der Waals surface area (Å²) < 4.78 is 26.8. The lowest BCUT2D eigenvalue weighted by Gasteiger charge is -2.07. The van der Waals surface area contributed by atoms with Gasteiger partial charge in [-0.2, -0.15) is 0 Å². The van der Waals surface area contributed by atoms with E-state index in [1.807, 2.05) is 0 Å². The summed E-state index contributed by atoms with van der Waals surface area (Å²) in [5.74, 6) is -1.79. The van der Waals surface area contributed by atoms with Crippen LogP contribution in [0.25, 0.3) is 0 Å². The maximum absolute atomic E-state index is 13.5. The van der Waals surface area contributed by atoms with Crippen LogP contribution >= 0.6 is 11.6 Å². The second kappa shape index (κ2) is 5.75. The van der Waals surface area contributed by atoms with E-state index in [1.54, 1.807) is 0 Å². The first-order chi connectivity index (χ1) is 9.08. The Morgan fingerprint density at radius 1 is 1.26 bits per heavy atom. The van der Waals surface area contributed by atoms with Gasteiger partial charge >= 0.3 is 0 Å². The Labute approximate surface area is 113 Å². The van der Waals surface area contributed by atoms with Crippen molar-refractivity contribution in [3.63, 3.8) is 0 Å². The third-order valence-corrected chi connectivity index (χ3v) is 2.80. The summed E-state index contributed by atoms with van der Waals surface area (Å²) in [6.45, 7) is 0. The number of hydrogen-bond donors (Lipinski definition) is 1. The summed E-state index contributed by atoms with van der Waals surface area (Å²) in [4.78, 5) is 15.3. The molecule has 2 rings (SSSR count). The Balaban J connectivity index is 2.12. The van der Waals surface area contributed by atoms with Crippen molar-refractivity contribution in [2.45, 2.75) is 6.42 Å². The fourth-order valence-electron chi connectivity index (χ4n) is 1.53. The lowest BCUT2D eigenvalue weighted by atomic mass is 10.1. The number of anilines is 1. The van der Waals surface area contributed by atoms with Crippen LogP contribution < -0.4 is 5.32 Å². The Hall–Kier alpha value is -2.01. The maximum Gasteiger partial charge on any atom is 0.229 e. The second-order valence-electron chi connectivity index (χ2n) is 3.78. The Morgan fingerprint density at radius 2 is 2.05 bits per heavy atom. The normalized spacial score (nSPS) is 10.3. The molecule has 1 aromatic heterocycles. The number of hydrogen-bond acceptors (Lipinski definition) is 2. The van der Waals surface area contributed by atoms with Crippen molar-refractivity contribution >= 4 is 23.2 Å². The molecule has 1 heterocycles. The Morgan fingerprint density at radius 3 is 2.74 bits per heavy atom. The van der Waals surface area contributed by atoms with Gasteiger partial charge in [0, 0.05) is 16.8 Å². The van der Waals surface area contributed by atoms with Gasteiger partial charge in [0.1, 0.15) is 5.82 Å². The molecule has 3 nitrogen and oxygen atoms in total. The lowest BCUT2D eigenvalue weighted by Crippen LogP contribution is -2.16. The van der Waals surface area contributed by atoms with Crippen LogP contribution in [0.4, 0.5) is 14.5 Å². The first-order valence-corrected chi connectivity index (χ1v) is 5.78. The van der Waals surface area contributed by atoms with Gasteiger partial charge in [-0.05, 0) is 18.2 Å². The third-order valence-electron chi connectivity index (χ3n) is 2.45. The zero-order chi connectivity index (χ0) is 13.8. The number of amides is 1. The largest absolute Gasteiger partial charge is 0.323 e. The van der Waals surface area contributed by atoms with Crippen molar-refractivity contribution in [1.82, 2.24) is 4.98 Å². The van der Waals surface area contributed by atoms with Gasteiger partial charge in [-0.1, -0.05) is 17.7 Å². The summed E-state index contributed by atoms with van der Waals surface area (Å²) in [6.07, 6.45) is 2.05. The van der Waals surface area contributed by atoms with E-state index in [0.717, 1.165) is 6.20 Å². The molecule has 98 valence electrons. The van der Waals surface area contributed by atoms with E-state index in [9.17, 15) is 13.6 Å². The Kier molecular flexibility index (Phi) is 4.06. The fourth-order valence-corrected chi connectivity index (χ4v) is 1.76. The smallest absolute Gasteiger partial charge is 0.229 e. The number of nitrogens with one attached hydrogen (secondary N) is 1. The summed E-state index contributed by atoms with van der Waals surface area (Å²) in [7, 11) is 0. The highest BCUT2D eigenvalue weighted by atomic mass is 35.5. The van der Waals surface area contributed by atoms with Gasteiger partial charge in [-0.25, -0.2) is 8.78 Å². The number of halogens is 3. The van der Waals surface area contributed by atoms with Crippen molar-refractivity contribution in [3.05, 3.63) is 58.9 Å². The number of benzene rings is 1. The molecule has 0 aliphatic heterocycles. The molecule has 0 saturated heterocycles. The summed E-state index contributed by atoms with van der Waals surface area (Å²) >= 11 is 5.80. The van der Waals surface area contributed by atoms with Crippen molar-refractivity contribution in [1.29, 1.82) is 0 Å². The van der Waals surface area contributed by atoms with Crippen LogP contribution in [0.3, 0.4) is 0 Å². The van der Waals surface area contributed by atoms with Crippen LogP contribution in [-0.4, -0.2) is 10.9 Å². The molecule has 0 fully saturated rings. The number of rotatable bonds is 3. The van der Waals surface area contributed by atoms with Crippen molar-refractivity contribution in [2.24, 2.45) is 0 Å². The number of nitrogens with zero attached hydrogens (tertiary/aromatic N) is 1. The van der Waals surface area contributed by atoms with Crippen LogP contribution in [0, 0.1) is 11.6 Å². The minimum atomic E-state index is -0.657. The molecule has 0 atom stereocenters. The molecule has 0 spiro atoms. The molecule has 19 heavy (non-hydrogen) atoms. The van der Waals surface area contributed by atoms with Crippen molar-refractivity contribution in [2.75, 3.05) is 5.32 Å². The Bertz CT molecular complexity index is 599. The molecule has 0 bridgehead atoms. The zero-order valence-corrected chi connectivity index (χ0v) is 10.4. The van der Waals surface area contributed by atoms with Gasteiger partial charge in [0.2, 0.25) is 5.91 Å². The summed E-state index contributed by atoms with van der Waals surface area (Å²) in [6, 6.07) is 5.46. The molecular formula is C13H9ClF2N2O. The van der Waals surface area contributed by atoms with Crippen LogP contribution in [0.1, 0.15) is 5.56 Å². The van der Waals surface area contributed by atoms with Gasteiger partial charge in [-0.3, -0.25) is 9.78 Å². The molecule has 0 aliphatic rings. The minimum absolute atomic E-state index is 0.00698. The first kappa shape index (κ1) is 13.4. The van der Waals surface area contributed by atoms with E-state index >= 15 is 0 Å². The fraction of sp³-hybridized carbons (Fsp3) is 0.0769.